The molecule has 0 spiro atoms. The molecule has 2 aromatic carbocycles. The highest BCUT2D eigenvalue weighted by atomic mass is 79.9. The number of rotatable bonds is 6. The minimum Gasteiger partial charge on any atom is -0.489 e. The summed E-state index contributed by atoms with van der Waals surface area (Å²) in [5, 5.41) is 8.96. The van der Waals surface area contributed by atoms with E-state index in [2.05, 4.69) is 15.9 Å². The predicted molar refractivity (Wildman–Crippen MR) is 88.1 cm³/mol. The summed E-state index contributed by atoms with van der Waals surface area (Å²) in [5.41, 5.74) is 0.995. The lowest BCUT2D eigenvalue weighted by Crippen LogP contribution is -2.08. The molecule has 0 radical (unpaired) electrons. The van der Waals surface area contributed by atoms with E-state index in [-0.39, 0.29) is 25.4 Å². The molecular weight excluding hydrogens is 367 g/mol. The van der Waals surface area contributed by atoms with Gasteiger partial charge in [-0.25, -0.2) is 9.18 Å². The predicted octanol–water partition coefficient (Wildman–Crippen LogP) is 3.80. The first-order valence-corrected chi connectivity index (χ1v) is 7.87. The van der Waals surface area contributed by atoms with Crippen LogP contribution in [0.3, 0.4) is 0 Å². The van der Waals surface area contributed by atoms with Crippen molar-refractivity contribution in [2.75, 3.05) is 19.8 Å². The Labute approximate surface area is 142 Å². The SMILES string of the molecule is CCOC(=O)c1cc(Br)c(OCCO)c(-c2ccccc2F)c1. The molecule has 0 unspecified atom stereocenters. The maximum absolute atomic E-state index is 14.2. The molecule has 23 heavy (non-hydrogen) atoms. The number of ether oxygens (including phenoxy) is 2. The van der Waals surface area contributed by atoms with Gasteiger partial charge in [-0.15, -0.1) is 0 Å². The molecule has 0 aliphatic heterocycles. The van der Waals surface area contributed by atoms with Crippen molar-refractivity contribution in [3.05, 3.63) is 52.3 Å². The standard InChI is InChI=1S/C17H16BrFO4/c1-2-22-17(21)11-9-13(12-5-3-4-6-15(12)19)16(14(18)10-11)23-8-7-20/h3-6,9-10,20H,2,7-8H2,1H3. The Balaban J connectivity index is 2.59. The van der Waals surface area contributed by atoms with Gasteiger partial charge in [0.05, 0.1) is 23.2 Å². The van der Waals surface area contributed by atoms with Gasteiger partial charge in [-0.1, -0.05) is 18.2 Å². The van der Waals surface area contributed by atoms with E-state index >= 15 is 0 Å². The number of hydrogen-bond donors (Lipinski definition) is 1. The van der Waals surface area contributed by atoms with Crippen LogP contribution in [0.5, 0.6) is 5.75 Å². The molecule has 1 N–H and O–H groups in total. The van der Waals surface area contributed by atoms with E-state index in [4.69, 9.17) is 14.6 Å². The molecule has 0 atom stereocenters. The maximum atomic E-state index is 14.2. The number of carbonyl (C=O) groups excluding carboxylic acids is 1. The third-order valence-corrected chi connectivity index (χ3v) is 3.65. The minimum absolute atomic E-state index is 0.0544. The highest BCUT2D eigenvalue weighted by molar-refractivity contribution is 9.10. The Bertz CT molecular complexity index is 703. The molecule has 0 fully saturated rings. The number of esters is 1. The van der Waals surface area contributed by atoms with Crippen LogP contribution in [0.1, 0.15) is 17.3 Å². The van der Waals surface area contributed by atoms with Crippen LogP contribution in [0.25, 0.3) is 11.1 Å². The lowest BCUT2D eigenvalue weighted by molar-refractivity contribution is 0.0526. The Kier molecular flexibility index (Phi) is 6.12. The molecule has 0 aliphatic carbocycles. The van der Waals surface area contributed by atoms with Crippen molar-refractivity contribution in [1.82, 2.24) is 0 Å². The molecule has 2 rings (SSSR count). The second-order valence-corrected chi connectivity index (χ2v) is 5.46. The summed E-state index contributed by atoms with van der Waals surface area (Å²) in [7, 11) is 0. The van der Waals surface area contributed by atoms with E-state index in [1.165, 1.54) is 12.1 Å². The highest BCUT2D eigenvalue weighted by Crippen LogP contribution is 2.39. The lowest BCUT2D eigenvalue weighted by Gasteiger charge is -2.15. The summed E-state index contributed by atoms with van der Waals surface area (Å²) in [4.78, 5) is 12.0. The van der Waals surface area contributed by atoms with Gasteiger partial charge in [-0.05, 0) is 41.1 Å². The molecule has 0 amide bonds. The van der Waals surface area contributed by atoms with Crippen molar-refractivity contribution in [3.63, 3.8) is 0 Å². The van der Waals surface area contributed by atoms with Crippen LogP contribution in [-0.4, -0.2) is 30.9 Å². The van der Waals surface area contributed by atoms with E-state index in [0.29, 0.717) is 21.3 Å². The molecule has 2 aromatic rings. The first-order valence-electron chi connectivity index (χ1n) is 7.07. The number of halogens is 2. The van der Waals surface area contributed by atoms with Crippen LogP contribution >= 0.6 is 15.9 Å². The summed E-state index contributed by atoms with van der Waals surface area (Å²) in [6.45, 7) is 1.83. The molecular formula is C17H16BrFO4. The normalized spacial score (nSPS) is 10.4. The van der Waals surface area contributed by atoms with Crippen molar-refractivity contribution in [2.24, 2.45) is 0 Å². The molecule has 0 heterocycles. The van der Waals surface area contributed by atoms with E-state index in [1.807, 2.05) is 0 Å². The Hall–Kier alpha value is -1.92. The second kappa shape index (κ2) is 8.08. The van der Waals surface area contributed by atoms with Crippen molar-refractivity contribution in [2.45, 2.75) is 6.92 Å². The number of aliphatic hydroxyl groups is 1. The molecule has 0 saturated carbocycles. The first-order chi connectivity index (χ1) is 11.1. The van der Waals surface area contributed by atoms with Crippen molar-refractivity contribution in [1.29, 1.82) is 0 Å². The molecule has 0 bridgehead atoms. The summed E-state index contributed by atoms with van der Waals surface area (Å²) in [5.74, 6) is -0.578. The van der Waals surface area contributed by atoms with E-state index in [9.17, 15) is 9.18 Å². The number of carbonyl (C=O) groups is 1. The Morgan fingerprint density at radius 2 is 2.00 bits per heavy atom. The number of aliphatic hydroxyl groups excluding tert-OH is 1. The lowest BCUT2D eigenvalue weighted by atomic mass is 10.0. The minimum atomic E-state index is -0.500. The van der Waals surface area contributed by atoms with Crippen molar-refractivity contribution >= 4 is 21.9 Å². The average molecular weight is 383 g/mol. The van der Waals surface area contributed by atoms with Crippen LogP contribution in [0.15, 0.2) is 40.9 Å². The van der Waals surface area contributed by atoms with Gasteiger partial charge in [0.25, 0.3) is 0 Å². The van der Waals surface area contributed by atoms with Crippen LogP contribution in [0.4, 0.5) is 4.39 Å². The van der Waals surface area contributed by atoms with E-state index < -0.39 is 11.8 Å². The third kappa shape index (κ3) is 4.09. The van der Waals surface area contributed by atoms with Crippen LogP contribution in [0, 0.1) is 5.82 Å². The van der Waals surface area contributed by atoms with E-state index in [1.54, 1.807) is 31.2 Å². The van der Waals surface area contributed by atoms with Gasteiger partial charge in [-0.3, -0.25) is 0 Å². The van der Waals surface area contributed by atoms with Gasteiger partial charge >= 0.3 is 5.97 Å². The fraction of sp³-hybridized carbons (Fsp3) is 0.235. The quantitative estimate of drug-likeness (QED) is 0.771. The molecule has 122 valence electrons. The fourth-order valence-corrected chi connectivity index (χ4v) is 2.67. The summed E-state index contributed by atoms with van der Waals surface area (Å²) < 4.78 is 25.1. The van der Waals surface area contributed by atoms with Crippen LogP contribution in [0.2, 0.25) is 0 Å². The second-order valence-electron chi connectivity index (χ2n) is 4.61. The molecule has 0 saturated heterocycles. The monoisotopic (exact) mass is 382 g/mol. The maximum Gasteiger partial charge on any atom is 0.338 e. The number of benzene rings is 2. The summed E-state index contributed by atoms with van der Waals surface area (Å²) >= 11 is 3.33. The molecule has 0 aromatic heterocycles. The molecule has 4 nitrogen and oxygen atoms in total. The van der Waals surface area contributed by atoms with Gasteiger partial charge in [-0.2, -0.15) is 0 Å². The van der Waals surface area contributed by atoms with Gasteiger partial charge < -0.3 is 14.6 Å². The Morgan fingerprint density at radius 1 is 1.26 bits per heavy atom. The van der Waals surface area contributed by atoms with Crippen LogP contribution < -0.4 is 4.74 Å². The zero-order valence-electron chi connectivity index (χ0n) is 12.5. The fourth-order valence-electron chi connectivity index (χ4n) is 2.10. The topological polar surface area (TPSA) is 55.8 Å². The largest absolute Gasteiger partial charge is 0.489 e. The summed E-state index contributed by atoms with van der Waals surface area (Å²) in [6, 6.07) is 9.27. The zero-order chi connectivity index (χ0) is 16.8. The third-order valence-electron chi connectivity index (χ3n) is 3.06. The zero-order valence-corrected chi connectivity index (χ0v) is 14.1. The molecule has 6 heteroatoms. The molecule has 0 aliphatic rings. The van der Waals surface area contributed by atoms with Gasteiger partial charge in [0, 0.05) is 11.1 Å². The average Bonchev–Trinajstić information content (AvgIpc) is 2.54. The van der Waals surface area contributed by atoms with Crippen molar-refractivity contribution < 1.29 is 23.8 Å². The number of hydrogen-bond acceptors (Lipinski definition) is 4. The van der Waals surface area contributed by atoms with Gasteiger partial charge in [0.2, 0.25) is 0 Å². The first kappa shape index (κ1) is 17.4. The van der Waals surface area contributed by atoms with Crippen LogP contribution in [-0.2, 0) is 4.74 Å². The van der Waals surface area contributed by atoms with Crippen molar-refractivity contribution in [3.8, 4) is 16.9 Å². The van der Waals surface area contributed by atoms with E-state index in [0.717, 1.165) is 0 Å². The van der Waals surface area contributed by atoms with Gasteiger partial charge in [0.15, 0.2) is 0 Å². The summed E-state index contributed by atoms with van der Waals surface area (Å²) in [6.07, 6.45) is 0. The highest BCUT2D eigenvalue weighted by Gasteiger charge is 2.18. The Morgan fingerprint density at radius 3 is 2.65 bits per heavy atom. The van der Waals surface area contributed by atoms with Gasteiger partial charge in [0.1, 0.15) is 18.2 Å². The smallest absolute Gasteiger partial charge is 0.338 e.